The number of amides is 1. The highest BCUT2D eigenvalue weighted by Gasteiger charge is 1.86. The van der Waals surface area contributed by atoms with Crippen molar-refractivity contribution in [2.75, 3.05) is 19.9 Å². The third kappa shape index (κ3) is 7.39. The van der Waals surface area contributed by atoms with Crippen LogP contribution in [0.15, 0.2) is 0 Å². The number of nitrogens with one attached hydrogen (secondary N) is 1. The predicted molar refractivity (Wildman–Crippen MR) is 33.7 cm³/mol. The van der Waals surface area contributed by atoms with Gasteiger partial charge in [0.05, 0.1) is 6.61 Å². The molecule has 0 atom stereocenters. The van der Waals surface area contributed by atoms with Crippen LogP contribution in [0, 0.1) is 0 Å². The predicted octanol–water partition coefficient (Wildman–Crippen LogP) is -0.945. The summed E-state index contributed by atoms with van der Waals surface area (Å²) in [6, 6.07) is 0. The van der Waals surface area contributed by atoms with Crippen LogP contribution in [0.25, 0.3) is 0 Å². The molecule has 54 valence electrons. The van der Waals surface area contributed by atoms with Crippen LogP contribution in [-0.2, 0) is 9.53 Å². The third-order valence-electron chi connectivity index (χ3n) is 0.685. The molecular formula is C5H12N2O2. The van der Waals surface area contributed by atoms with E-state index in [1.807, 2.05) is 0 Å². The zero-order valence-corrected chi connectivity index (χ0v) is 5.52. The Kier molecular flexibility index (Phi) is 5.15. The van der Waals surface area contributed by atoms with Crippen molar-refractivity contribution in [3.05, 3.63) is 0 Å². The van der Waals surface area contributed by atoms with Gasteiger partial charge in [0.1, 0.15) is 6.73 Å². The van der Waals surface area contributed by atoms with Crippen molar-refractivity contribution in [1.29, 1.82) is 0 Å². The van der Waals surface area contributed by atoms with Crippen molar-refractivity contribution < 1.29 is 9.53 Å². The number of nitrogens with two attached hydrogens (primary N) is 1. The van der Waals surface area contributed by atoms with Gasteiger partial charge in [-0.2, -0.15) is 0 Å². The van der Waals surface area contributed by atoms with Gasteiger partial charge in [0.2, 0.25) is 5.91 Å². The van der Waals surface area contributed by atoms with E-state index in [1.165, 1.54) is 6.92 Å². The molecule has 0 rings (SSSR count). The minimum atomic E-state index is -0.0907. The summed E-state index contributed by atoms with van der Waals surface area (Å²) in [5, 5.41) is 2.46. The van der Waals surface area contributed by atoms with Crippen LogP contribution >= 0.6 is 0 Å². The fraction of sp³-hybridized carbons (Fsp3) is 0.800. The fourth-order valence-electron chi connectivity index (χ4n) is 0.308. The van der Waals surface area contributed by atoms with Crippen molar-refractivity contribution in [3.63, 3.8) is 0 Å². The Morgan fingerprint density at radius 2 is 2.44 bits per heavy atom. The summed E-state index contributed by atoms with van der Waals surface area (Å²) in [5.74, 6) is -0.0907. The smallest absolute Gasteiger partial charge is 0.218 e. The summed E-state index contributed by atoms with van der Waals surface area (Å²) < 4.78 is 4.84. The van der Waals surface area contributed by atoms with E-state index in [2.05, 4.69) is 5.32 Å². The Morgan fingerprint density at radius 1 is 1.78 bits per heavy atom. The second kappa shape index (κ2) is 5.53. The first-order valence-corrected chi connectivity index (χ1v) is 2.79. The van der Waals surface area contributed by atoms with Crippen LogP contribution in [-0.4, -0.2) is 25.8 Å². The Labute approximate surface area is 54.4 Å². The van der Waals surface area contributed by atoms with E-state index < -0.39 is 0 Å². The summed E-state index contributed by atoms with van der Waals surface area (Å²) in [7, 11) is 0. The molecule has 0 unspecified atom stereocenters. The molecule has 9 heavy (non-hydrogen) atoms. The first-order chi connectivity index (χ1) is 4.27. The lowest BCUT2D eigenvalue weighted by Gasteiger charge is -2.00. The van der Waals surface area contributed by atoms with E-state index in [0.717, 1.165) is 0 Å². The van der Waals surface area contributed by atoms with Crippen molar-refractivity contribution in [2.24, 2.45) is 5.73 Å². The molecule has 0 radical (unpaired) electrons. The van der Waals surface area contributed by atoms with E-state index >= 15 is 0 Å². The quantitative estimate of drug-likeness (QED) is 0.383. The number of ether oxygens (including phenoxy) is 1. The lowest BCUT2D eigenvalue weighted by atomic mass is 10.7. The molecule has 1 amide bonds. The molecule has 0 spiro atoms. The van der Waals surface area contributed by atoms with Gasteiger partial charge in [0.15, 0.2) is 0 Å². The summed E-state index contributed by atoms with van der Waals surface area (Å²) in [5.41, 5.74) is 5.11. The van der Waals surface area contributed by atoms with Crippen LogP contribution < -0.4 is 11.1 Å². The molecule has 0 aromatic rings. The maximum absolute atomic E-state index is 10.2. The molecule has 4 heteroatoms. The van der Waals surface area contributed by atoms with Gasteiger partial charge in [-0.3, -0.25) is 4.79 Å². The largest absolute Gasteiger partial charge is 0.360 e. The van der Waals surface area contributed by atoms with E-state index in [0.29, 0.717) is 13.2 Å². The fourth-order valence-corrected chi connectivity index (χ4v) is 0.308. The topological polar surface area (TPSA) is 64.3 Å². The van der Waals surface area contributed by atoms with Gasteiger partial charge in [0, 0.05) is 13.5 Å². The van der Waals surface area contributed by atoms with Gasteiger partial charge in [-0.05, 0) is 0 Å². The monoisotopic (exact) mass is 132 g/mol. The van der Waals surface area contributed by atoms with Gasteiger partial charge in [-0.25, -0.2) is 0 Å². The number of rotatable bonds is 4. The Bertz CT molecular complexity index is 85.0. The maximum atomic E-state index is 10.2. The maximum Gasteiger partial charge on any atom is 0.218 e. The Balaban J connectivity index is 2.83. The van der Waals surface area contributed by atoms with Gasteiger partial charge in [-0.15, -0.1) is 0 Å². The first-order valence-electron chi connectivity index (χ1n) is 2.79. The molecule has 0 aliphatic rings. The zero-order valence-electron chi connectivity index (χ0n) is 5.52. The number of hydrogen-bond acceptors (Lipinski definition) is 3. The third-order valence-corrected chi connectivity index (χ3v) is 0.685. The van der Waals surface area contributed by atoms with Crippen LogP contribution in [0.2, 0.25) is 0 Å². The van der Waals surface area contributed by atoms with Crippen molar-refractivity contribution in [3.8, 4) is 0 Å². The highest BCUT2D eigenvalue weighted by Crippen LogP contribution is 1.66. The number of carbonyl (C=O) groups is 1. The SMILES string of the molecule is CC(=O)NCOCCN. The molecule has 0 saturated carbocycles. The molecule has 0 heterocycles. The van der Waals surface area contributed by atoms with E-state index in [4.69, 9.17) is 10.5 Å². The molecule has 0 fully saturated rings. The highest BCUT2D eigenvalue weighted by atomic mass is 16.5. The molecule has 0 aliphatic heterocycles. The van der Waals surface area contributed by atoms with Crippen molar-refractivity contribution >= 4 is 5.91 Å². The second-order valence-corrected chi connectivity index (χ2v) is 1.57. The summed E-state index contributed by atoms with van der Waals surface area (Å²) in [6.07, 6.45) is 0. The average molecular weight is 132 g/mol. The molecule has 0 aromatic carbocycles. The van der Waals surface area contributed by atoms with E-state index in [9.17, 15) is 4.79 Å². The van der Waals surface area contributed by atoms with E-state index in [-0.39, 0.29) is 12.6 Å². The Hall–Kier alpha value is -0.610. The molecule has 4 nitrogen and oxygen atoms in total. The molecule has 0 saturated heterocycles. The zero-order chi connectivity index (χ0) is 7.11. The molecule has 3 N–H and O–H groups in total. The molecular weight excluding hydrogens is 120 g/mol. The second-order valence-electron chi connectivity index (χ2n) is 1.57. The van der Waals surface area contributed by atoms with Crippen molar-refractivity contribution in [1.82, 2.24) is 5.32 Å². The standard InChI is InChI=1S/C5H12N2O2/c1-5(8)7-4-9-3-2-6/h2-4,6H2,1H3,(H,7,8). The lowest BCUT2D eigenvalue weighted by Crippen LogP contribution is -2.24. The van der Waals surface area contributed by atoms with Crippen LogP contribution in [0.5, 0.6) is 0 Å². The van der Waals surface area contributed by atoms with Gasteiger partial charge in [0.25, 0.3) is 0 Å². The minimum absolute atomic E-state index is 0.0907. The van der Waals surface area contributed by atoms with Crippen LogP contribution in [0.4, 0.5) is 0 Å². The summed E-state index contributed by atoms with van der Waals surface area (Å²) >= 11 is 0. The van der Waals surface area contributed by atoms with Crippen LogP contribution in [0.1, 0.15) is 6.92 Å². The lowest BCUT2D eigenvalue weighted by molar-refractivity contribution is -0.120. The van der Waals surface area contributed by atoms with Gasteiger partial charge < -0.3 is 15.8 Å². The summed E-state index contributed by atoms with van der Waals surface area (Å²) in [6.45, 7) is 2.66. The van der Waals surface area contributed by atoms with Crippen LogP contribution in [0.3, 0.4) is 0 Å². The van der Waals surface area contributed by atoms with Crippen molar-refractivity contribution in [2.45, 2.75) is 6.92 Å². The Morgan fingerprint density at radius 3 is 2.89 bits per heavy atom. The normalized spacial score (nSPS) is 9.11. The molecule has 0 aromatic heterocycles. The molecule has 0 bridgehead atoms. The number of hydrogen-bond donors (Lipinski definition) is 2. The highest BCUT2D eigenvalue weighted by molar-refractivity contribution is 5.72. The summed E-state index contributed by atoms with van der Waals surface area (Å²) in [4.78, 5) is 10.2. The number of carbonyl (C=O) groups excluding carboxylic acids is 1. The van der Waals surface area contributed by atoms with E-state index in [1.54, 1.807) is 0 Å². The first kappa shape index (κ1) is 8.39. The minimum Gasteiger partial charge on any atom is -0.360 e. The average Bonchev–Trinajstić information content (AvgIpc) is 1.80. The van der Waals surface area contributed by atoms with Gasteiger partial charge >= 0.3 is 0 Å². The molecule has 0 aliphatic carbocycles. The van der Waals surface area contributed by atoms with Gasteiger partial charge in [-0.1, -0.05) is 0 Å².